The molecular weight excluding hydrogens is 428 g/mol. The zero-order chi connectivity index (χ0) is 21.1. The van der Waals surface area contributed by atoms with Gasteiger partial charge in [-0.2, -0.15) is 9.78 Å². The van der Waals surface area contributed by atoms with E-state index in [1.165, 1.54) is 28.3 Å². The zero-order valence-electron chi connectivity index (χ0n) is 15.4. The smallest absolute Gasteiger partial charge is 0.358 e. The fraction of sp³-hybridized carbons (Fsp3) is 0.105. The summed E-state index contributed by atoms with van der Waals surface area (Å²) in [6.45, 7) is 0.884. The van der Waals surface area contributed by atoms with Crippen LogP contribution >= 0.6 is 22.9 Å². The molecule has 0 bridgehead atoms. The molecule has 4 aromatic rings. The van der Waals surface area contributed by atoms with Crippen LogP contribution in [0.2, 0.25) is 5.02 Å². The van der Waals surface area contributed by atoms with E-state index >= 15 is 0 Å². The van der Waals surface area contributed by atoms with Crippen molar-refractivity contribution in [3.05, 3.63) is 91.5 Å². The molecule has 0 aliphatic rings. The highest BCUT2D eigenvalue weighted by atomic mass is 35.5. The van der Waals surface area contributed by atoms with E-state index in [2.05, 4.69) is 15.5 Å². The number of nitrogens with one attached hydrogen (secondary N) is 1. The molecule has 11 heteroatoms. The molecule has 0 saturated carbocycles. The predicted octanol–water partition coefficient (Wildman–Crippen LogP) is 4.05. The Hall–Kier alpha value is -3.50. The summed E-state index contributed by atoms with van der Waals surface area (Å²) >= 11 is 7.19. The van der Waals surface area contributed by atoms with Crippen LogP contribution in [0.1, 0.15) is 20.8 Å². The Morgan fingerprint density at radius 2 is 2.03 bits per heavy atom. The average molecular weight is 443 g/mol. The van der Waals surface area contributed by atoms with Crippen LogP contribution in [0.3, 0.4) is 0 Å². The Morgan fingerprint density at radius 3 is 2.77 bits per heavy atom. The molecule has 0 spiro atoms. The van der Waals surface area contributed by atoms with Gasteiger partial charge < -0.3 is 15.4 Å². The van der Waals surface area contributed by atoms with Gasteiger partial charge in [-0.3, -0.25) is 9.48 Å². The van der Waals surface area contributed by atoms with E-state index in [0.717, 1.165) is 11.1 Å². The quantitative estimate of drug-likeness (QED) is 0.343. The molecule has 0 aliphatic heterocycles. The minimum atomic E-state index is -0.544. The van der Waals surface area contributed by atoms with Gasteiger partial charge in [0.15, 0.2) is 0 Å². The van der Waals surface area contributed by atoms with Gasteiger partial charge in [0.1, 0.15) is 0 Å². The van der Waals surface area contributed by atoms with Crippen molar-refractivity contribution in [2.75, 3.05) is 5.32 Å². The number of thiophene rings is 1. The Morgan fingerprint density at radius 1 is 1.20 bits per heavy atom. The lowest BCUT2D eigenvalue weighted by atomic mass is 10.2. The van der Waals surface area contributed by atoms with Crippen molar-refractivity contribution in [2.24, 2.45) is 0 Å². The highest BCUT2D eigenvalue weighted by Crippen LogP contribution is 2.19. The Balaban J connectivity index is 1.40. The van der Waals surface area contributed by atoms with Gasteiger partial charge in [-0.25, -0.2) is 0 Å². The van der Waals surface area contributed by atoms with Gasteiger partial charge in [0, 0.05) is 11.9 Å². The number of hydrogen-bond donors (Lipinski definition) is 1. The van der Waals surface area contributed by atoms with Gasteiger partial charge in [0.05, 0.1) is 46.5 Å². The Labute approximate surface area is 179 Å². The average Bonchev–Trinajstić information content (AvgIpc) is 3.44. The Kier molecular flexibility index (Phi) is 5.59. The number of rotatable bonds is 7. The molecule has 1 N–H and O–H groups in total. The molecule has 0 aliphatic carbocycles. The van der Waals surface area contributed by atoms with Crippen LogP contribution in [-0.2, 0) is 13.1 Å². The largest absolute Gasteiger partial charge is 0.389 e. The fourth-order valence-corrected chi connectivity index (χ4v) is 3.81. The molecule has 30 heavy (non-hydrogen) atoms. The van der Waals surface area contributed by atoms with Crippen LogP contribution in [0, 0.1) is 10.1 Å². The summed E-state index contributed by atoms with van der Waals surface area (Å²) in [5, 5.41) is 24.1. The van der Waals surface area contributed by atoms with Gasteiger partial charge in [0.2, 0.25) is 0 Å². The standard InChI is InChI=1S/C19H15ClN6O3S/c20-15-8-21-25(11-15)9-13-2-1-3-16(6-13)22-19(27)17-7-14(12-30-17)10-24-5-4-18(23-24)26(28)29/h1-8,11-12H,9-10H2,(H,22,27). The van der Waals surface area contributed by atoms with Crippen molar-refractivity contribution in [3.63, 3.8) is 0 Å². The summed E-state index contributed by atoms with van der Waals surface area (Å²) in [5.41, 5.74) is 2.49. The zero-order valence-corrected chi connectivity index (χ0v) is 17.0. The topological polar surface area (TPSA) is 108 Å². The molecule has 152 valence electrons. The summed E-state index contributed by atoms with van der Waals surface area (Å²) in [6.07, 6.45) is 4.84. The van der Waals surface area contributed by atoms with Crippen molar-refractivity contribution in [1.29, 1.82) is 0 Å². The molecule has 9 nitrogen and oxygen atoms in total. The van der Waals surface area contributed by atoms with E-state index in [-0.39, 0.29) is 11.7 Å². The molecular formula is C19H15ClN6O3S. The third-order valence-corrected chi connectivity index (χ3v) is 5.34. The van der Waals surface area contributed by atoms with Crippen LogP contribution in [0.25, 0.3) is 0 Å². The molecule has 0 saturated heterocycles. The first-order valence-electron chi connectivity index (χ1n) is 8.80. The van der Waals surface area contributed by atoms with Crippen molar-refractivity contribution in [2.45, 2.75) is 13.1 Å². The number of anilines is 1. The summed E-state index contributed by atoms with van der Waals surface area (Å²) in [7, 11) is 0. The van der Waals surface area contributed by atoms with Crippen molar-refractivity contribution in [1.82, 2.24) is 19.6 Å². The highest BCUT2D eigenvalue weighted by Gasteiger charge is 2.14. The normalized spacial score (nSPS) is 10.8. The Bertz CT molecular complexity index is 1210. The maximum Gasteiger partial charge on any atom is 0.389 e. The number of carbonyl (C=O) groups excluding carboxylic acids is 1. The molecule has 1 amide bonds. The lowest BCUT2D eigenvalue weighted by Crippen LogP contribution is -2.11. The van der Waals surface area contributed by atoms with Gasteiger partial charge in [-0.1, -0.05) is 23.7 Å². The minimum Gasteiger partial charge on any atom is -0.358 e. The van der Waals surface area contributed by atoms with Gasteiger partial charge >= 0.3 is 5.82 Å². The van der Waals surface area contributed by atoms with Crippen molar-refractivity contribution in [3.8, 4) is 0 Å². The van der Waals surface area contributed by atoms with E-state index in [4.69, 9.17) is 11.6 Å². The van der Waals surface area contributed by atoms with Crippen LogP contribution in [0.4, 0.5) is 11.5 Å². The fourth-order valence-electron chi connectivity index (χ4n) is 2.85. The molecule has 0 unspecified atom stereocenters. The van der Waals surface area contributed by atoms with Crippen LogP contribution in [0.15, 0.2) is 60.4 Å². The SMILES string of the molecule is O=C(Nc1cccc(Cn2cc(Cl)cn2)c1)c1cc(Cn2ccc([N+](=O)[O-])n2)cs1. The summed E-state index contributed by atoms with van der Waals surface area (Å²) in [5.74, 6) is -0.433. The molecule has 3 heterocycles. The third kappa shape index (κ3) is 4.73. The molecule has 0 fully saturated rings. The number of benzene rings is 1. The first kappa shape index (κ1) is 19.8. The van der Waals surface area contributed by atoms with E-state index < -0.39 is 4.92 Å². The van der Waals surface area contributed by atoms with E-state index in [0.29, 0.717) is 28.7 Å². The minimum absolute atomic E-state index is 0.208. The van der Waals surface area contributed by atoms with Gasteiger partial charge in [-0.05, 0) is 39.6 Å². The number of nitrogens with zero attached hydrogens (tertiary/aromatic N) is 5. The molecule has 1 aromatic carbocycles. The van der Waals surface area contributed by atoms with E-state index in [1.54, 1.807) is 23.1 Å². The molecule has 0 atom stereocenters. The summed E-state index contributed by atoms with van der Waals surface area (Å²) < 4.78 is 3.18. The number of aromatic nitrogens is 4. The number of nitro groups is 1. The number of hydrogen-bond acceptors (Lipinski definition) is 6. The summed E-state index contributed by atoms with van der Waals surface area (Å²) in [4.78, 5) is 23.3. The second-order valence-electron chi connectivity index (χ2n) is 6.46. The molecule has 4 rings (SSSR count). The van der Waals surface area contributed by atoms with Crippen molar-refractivity contribution < 1.29 is 9.72 Å². The maximum absolute atomic E-state index is 12.6. The second kappa shape index (κ2) is 8.47. The van der Waals surface area contributed by atoms with Crippen molar-refractivity contribution >= 4 is 40.4 Å². The maximum atomic E-state index is 12.6. The number of halogens is 1. The predicted molar refractivity (Wildman–Crippen MR) is 113 cm³/mol. The first-order chi connectivity index (χ1) is 14.5. The molecule has 3 aromatic heterocycles. The van der Waals surface area contributed by atoms with E-state index in [9.17, 15) is 14.9 Å². The second-order valence-corrected chi connectivity index (χ2v) is 7.81. The van der Waals surface area contributed by atoms with E-state index in [1.807, 2.05) is 29.6 Å². The third-order valence-electron chi connectivity index (χ3n) is 4.17. The van der Waals surface area contributed by atoms with Crippen LogP contribution in [-0.4, -0.2) is 30.4 Å². The number of amides is 1. The lowest BCUT2D eigenvalue weighted by Gasteiger charge is -2.07. The van der Waals surface area contributed by atoms with Gasteiger partial charge in [0.25, 0.3) is 5.91 Å². The van der Waals surface area contributed by atoms with Crippen LogP contribution < -0.4 is 5.32 Å². The van der Waals surface area contributed by atoms with Gasteiger partial charge in [-0.15, -0.1) is 11.3 Å². The number of carbonyl (C=O) groups is 1. The summed E-state index contributed by atoms with van der Waals surface area (Å²) in [6, 6.07) is 10.6. The highest BCUT2D eigenvalue weighted by molar-refractivity contribution is 7.12. The monoisotopic (exact) mass is 442 g/mol. The first-order valence-corrected chi connectivity index (χ1v) is 10.1. The molecule has 0 radical (unpaired) electrons. The van der Waals surface area contributed by atoms with Crippen LogP contribution in [0.5, 0.6) is 0 Å². The lowest BCUT2D eigenvalue weighted by molar-refractivity contribution is -0.389.